The number of carbonyl (C=O) groups is 2. The molecular weight excluding hydrogens is 605 g/mol. The van der Waals surface area contributed by atoms with Gasteiger partial charge in [0.15, 0.2) is 17.3 Å². The van der Waals surface area contributed by atoms with Crippen LogP contribution in [-0.2, 0) is 4.79 Å². The number of methoxy groups -OCH3 is 1. The molecule has 0 aromatic heterocycles. The molecule has 0 radical (unpaired) electrons. The first-order valence-electron chi connectivity index (χ1n) is 17.0. The van der Waals surface area contributed by atoms with Crippen molar-refractivity contribution >= 4 is 34.3 Å². The molecule has 0 saturated heterocycles. The van der Waals surface area contributed by atoms with E-state index < -0.39 is 0 Å². The van der Waals surface area contributed by atoms with Gasteiger partial charge in [0, 0.05) is 47.8 Å². The third-order valence-electron chi connectivity index (χ3n) is 10.4. The number of aliphatic imine (C=N–C) groups is 1. The third kappa shape index (κ3) is 7.04. The maximum Gasteiger partial charge on any atom is 0.168 e. The number of anilines is 1. The van der Waals surface area contributed by atoms with Crippen LogP contribution >= 0.6 is 0 Å². The lowest BCUT2D eigenvalue weighted by Gasteiger charge is -2.23. The first-order chi connectivity index (χ1) is 23.1. The number of carbonyl (C=O) groups excluding carboxylic acids is 2. The lowest BCUT2D eigenvalue weighted by atomic mass is 9.88. The van der Waals surface area contributed by atoms with E-state index in [0.29, 0.717) is 42.5 Å². The van der Waals surface area contributed by atoms with Gasteiger partial charge in [-0.3, -0.25) is 14.6 Å². The van der Waals surface area contributed by atoms with E-state index in [1.165, 1.54) is 7.11 Å². The number of aliphatic hydroxyl groups excluding tert-OH is 1. The van der Waals surface area contributed by atoms with Crippen LogP contribution < -0.4 is 10.1 Å². The maximum atomic E-state index is 14.8. The van der Waals surface area contributed by atoms with Crippen molar-refractivity contribution < 1.29 is 23.8 Å². The summed E-state index contributed by atoms with van der Waals surface area (Å²) in [6.45, 7) is 3.66. The van der Waals surface area contributed by atoms with Crippen molar-refractivity contribution in [3.8, 4) is 5.75 Å². The fraction of sp³-hybridized carbons (Fsp3) is 0.400. The SMILES string of the molecule is COc1ccc(C2=CN=C3/C(=C\C=C/C/C=C/3Nc3ccc(C(=O)CC(=N)[C@@H]4CCC(C(=O)[C@H]5CC[C@H](O)C5)C4)c(C)c3)C2)c(C)c1F. The van der Waals surface area contributed by atoms with E-state index in [0.717, 1.165) is 65.1 Å². The highest BCUT2D eigenvalue weighted by Crippen LogP contribution is 2.39. The van der Waals surface area contributed by atoms with Crippen molar-refractivity contribution in [3.05, 3.63) is 100 Å². The number of halogens is 1. The van der Waals surface area contributed by atoms with Gasteiger partial charge in [-0.2, -0.15) is 0 Å². The highest BCUT2D eigenvalue weighted by Gasteiger charge is 2.38. The molecule has 1 unspecified atom stereocenters. The number of hydrogen-bond donors (Lipinski definition) is 3. The summed E-state index contributed by atoms with van der Waals surface area (Å²) in [6.07, 6.45) is 15.2. The van der Waals surface area contributed by atoms with Crippen LogP contribution in [-0.4, -0.2) is 41.3 Å². The van der Waals surface area contributed by atoms with Crippen LogP contribution in [0.4, 0.5) is 10.1 Å². The van der Waals surface area contributed by atoms with Gasteiger partial charge >= 0.3 is 0 Å². The first kappa shape index (κ1) is 33.5. The third-order valence-corrected chi connectivity index (χ3v) is 10.4. The molecule has 1 aliphatic heterocycles. The molecule has 2 aromatic carbocycles. The summed E-state index contributed by atoms with van der Waals surface area (Å²) in [4.78, 5) is 31.2. The Labute approximate surface area is 281 Å². The number of fused-ring (bicyclic) bond motifs is 1. The molecule has 4 atom stereocenters. The molecule has 2 fully saturated rings. The zero-order valence-electron chi connectivity index (χ0n) is 27.9. The smallest absolute Gasteiger partial charge is 0.168 e. The minimum atomic E-state index is -0.369. The van der Waals surface area contributed by atoms with Crippen molar-refractivity contribution in [2.24, 2.45) is 22.7 Å². The predicted molar refractivity (Wildman–Crippen MR) is 188 cm³/mol. The van der Waals surface area contributed by atoms with E-state index >= 15 is 0 Å². The fourth-order valence-corrected chi connectivity index (χ4v) is 7.65. The number of ether oxygens (including phenoxy) is 1. The summed E-state index contributed by atoms with van der Waals surface area (Å²) in [7, 11) is 1.46. The van der Waals surface area contributed by atoms with E-state index in [1.54, 1.807) is 13.0 Å². The minimum absolute atomic E-state index is 0.0449. The van der Waals surface area contributed by atoms with Crippen molar-refractivity contribution in [1.29, 1.82) is 5.41 Å². The van der Waals surface area contributed by atoms with E-state index in [2.05, 4.69) is 23.5 Å². The summed E-state index contributed by atoms with van der Waals surface area (Å²) in [5, 5.41) is 22.1. The largest absolute Gasteiger partial charge is 0.494 e. The average molecular weight is 650 g/mol. The quantitative estimate of drug-likeness (QED) is 0.177. The average Bonchev–Trinajstić information content (AvgIpc) is 3.74. The predicted octanol–water partition coefficient (Wildman–Crippen LogP) is 8.26. The molecule has 2 aromatic rings. The van der Waals surface area contributed by atoms with Crippen LogP contribution in [0, 0.1) is 42.8 Å². The molecule has 48 heavy (non-hydrogen) atoms. The Hall–Kier alpha value is -4.43. The van der Waals surface area contributed by atoms with E-state index in [1.807, 2.05) is 43.5 Å². The van der Waals surface area contributed by atoms with E-state index in [4.69, 9.17) is 15.1 Å². The normalized spacial score (nSPS) is 26.4. The fourth-order valence-electron chi connectivity index (χ4n) is 7.65. The Kier molecular flexibility index (Phi) is 10.0. The number of nitrogens with zero attached hydrogens (tertiary/aromatic N) is 1. The molecule has 0 amide bonds. The Bertz CT molecular complexity index is 1800. The van der Waals surface area contributed by atoms with Gasteiger partial charge in [-0.05, 0) is 117 Å². The number of allylic oxidation sites excluding steroid dienone is 6. The topological polar surface area (TPSA) is 112 Å². The molecule has 6 rings (SSSR count). The number of aryl methyl sites for hydroxylation is 1. The second-order valence-electron chi connectivity index (χ2n) is 13.6. The summed E-state index contributed by atoms with van der Waals surface area (Å²) in [5.41, 5.74) is 7.59. The van der Waals surface area contributed by atoms with Gasteiger partial charge in [0.1, 0.15) is 5.78 Å². The molecule has 2 saturated carbocycles. The monoisotopic (exact) mass is 649 g/mol. The van der Waals surface area contributed by atoms with Gasteiger partial charge in [0.25, 0.3) is 0 Å². The molecule has 7 nitrogen and oxygen atoms in total. The number of aliphatic hydroxyl groups is 1. The highest BCUT2D eigenvalue weighted by molar-refractivity contribution is 6.17. The van der Waals surface area contributed by atoms with Gasteiger partial charge < -0.3 is 20.6 Å². The Balaban J connectivity index is 1.12. The van der Waals surface area contributed by atoms with Gasteiger partial charge in [0.2, 0.25) is 0 Å². The zero-order chi connectivity index (χ0) is 33.9. The Morgan fingerprint density at radius 3 is 2.56 bits per heavy atom. The van der Waals surface area contributed by atoms with Crippen molar-refractivity contribution in [2.75, 3.05) is 12.4 Å². The number of benzene rings is 2. The standard InChI is InChI=1S/C40H44FN3O4/c1-23-17-30(12-14-32(23)36(46)21-34(42)25-9-10-27(18-25)40(47)28-11-13-31(45)20-28)44-35-8-6-4-5-7-26-19-29(22-43-39(26)35)33-15-16-37(48-3)38(41)24(33)2/h4-5,7-8,12,14-17,22,25,27-28,31,42,44-45H,6,9-11,13,18-21H2,1-3H3/b5-4-,26-7-,35-8-,42-34?/t25-,27?,28+,31+/m1/s1. The summed E-state index contributed by atoms with van der Waals surface area (Å²) in [6, 6.07) is 9.18. The minimum Gasteiger partial charge on any atom is -0.494 e. The second-order valence-corrected chi connectivity index (χ2v) is 13.6. The Morgan fingerprint density at radius 1 is 1.04 bits per heavy atom. The number of ketones is 2. The van der Waals surface area contributed by atoms with Crippen molar-refractivity contribution in [2.45, 2.75) is 77.7 Å². The molecule has 250 valence electrons. The molecule has 1 heterocycles. The van der Waals surface area contributed by atoms with E-state index in [-0.39, 0.29) is 53.4 Å². The van der Waals surface area contributed by atoms with Crippen LogP contribution in [0.2, 0.25) is 0 Å². The zero-order valence-corrected chi connectivity index (χ0v) is 27.9. The number of rotatable bonds is 10. The molecule has 3 N–H and O–H groups in total. The lowest BCUT2D eigenvalue weighted by Crippen LogP contribution is -2.22. The maximum absolute atomic E-state index is 14.8. The van der Waals surface area contributed by atoms with Crippen LogP contribution in [0.15, 0.2) is 77.1 Å². The molecule has 4 aliphatic rings. The van der Waals surface area contributed by atoms with Gasteiger partial charge in [-0.1, -0.05) is 30.4 Å². The number of nitrogens with one attached hydrogen (secondary N) is 2. The number of Topliss-reactive ketones (excluding diaryl/α,β-unsaturated/α-hetero) is 2. The number of hydrogen-bond acceptors (Lipinski definition) is 7. The van der Waals surface area contributed by atoms with Crippen LogP contribution in [0.1, 0.15) is 84.8 Å². The molecule has 8 heteroatoms. The molecule has 0 bridgehead atoms. The lowest BCUT2D eigenvalue weighted by molar-refractivity contribution is -0.126. The van der Waals surface area contributed by atoms with Crippen LogP contribution in [0.5, 0.6) is 5.75 Å². The van der Waals surface area contributed by atoms with Crippen LogP contribution in [0.25, 0.3) is 5.57 Å². The van der Waals surface area contributed by atoms with Crippen molar-refractivity contribution in [3.63, 3.8) is 0 Å². The first-order valence-corrected chi connectivity index (χ1v) is 17.0. The van der Waals surface area contributed by atoms with Crippen LogP contribution in [0.3, 0.4) is 0 Å². The summed E-state index contributed by atoms with van der Waals surface area (Å²) < 4.78 is 20.0. The summed E-state index contributed by atoms with van der Waals surface area (Å²) >= 11 is 0. The Morgan fingerprint density at radius 2 is 1.81 bits per heavy atom. The second kappa shape index (κ2) is 14.4. The van der Waals surface area contributed by atoms with Gasteiger partial charge in [0.05, 0.1) is 24.6 Å². The highest BCUT2D eigenvalue weighted by atomic mass is 19.1. The van der Waals surface area contributed by atoms with E-state index in [9.17, 15) is 19.1 Å². The molecular formula is C40H44FN3O4. The molecule has 0 spiro atoms. The summed E-state index contributed by atoms with van der Waals surface area (Å²) in [5.74, 6) is -0.156. The molecule has 3 aliphatic carbocycles. The van der Waals surface area contributed by atoms with Gasteiger partial charge in [-0.25, -0.2) is 4.39 Å². The van der Waals surface area contributed by atoms with Crippen molar-refractivity contribution in [1.82, 2.24) is 0 Å². The van der Waals surface area contributed by atoms with Gasteiger partial charge in [-0.15, -0.1) is 0 Å².